The molecule has 0 amide bonds. The molecule has 90 valence electrons. The first kappa shape index (κ1) is 12.8. The van der Waals surface area contributed by atoms with Gasteiger partial charge in [0.2, 0.25) is 0 Å². The van der Waals surface area contributed by atoms with Crippen molar-refractivity contribution < 1.29 is 9.47 Å². The SMILES string of the molecule is CCOc1cccc(OCC(C)(C)CN)c1. The van der Waals surface area contributed by atoms with Crippen LogP contribution < -0.4 is 15.2 Å². The van der Waals surface area contributed by atoms with Crippen LogP contribution in [0.5, 0.6) is 11.5 Å². The Morgan fingerprint density at radius 2 is 1.81 bits per heavy atom. The summed E-state index contributed by atoms with van der Waals surface area (Å²) in [5.74, 6) is 1.66. The molecule has 3 heteroatoms. The number of hydrogen-bond acceptors (Lipinski definition) is 3. The van der Waals surface area contributed by atoms with Gasteiger partial charge in [-0.2, -0.15) is 0 Å². The van der Waals surface area contributed by atoms with Crippen LogP contribution in [0.3, 0.4) is 0 Å². The molecule has 1 aromatic rings. The Labute approximate surface area is 97.6 Å². The number of rotatable bonds is 6. The van der Waals surface area contributed by atoms with Gasteiger partial charge in [-0.25, -0.2) is 0 Å². The second-order valence-electron chi connectivity index (χ2n) is 4.56. The molecular formula is C13H21NO2. The maximum absolute atomic E-state index is 5.69. The minimum Gasteiger partial charge on any atom is -0.494 e. The Bertz CT molecular complexity index is 323. The molecule has 0 unspecified atom stereocenters. The van der Waals surface area contributed by atoms with Gasteiger partial charge in [-0.05, 0) is 19.1 Å². The Morgan fingerprint density at radius 1 is 1.19 bits per heavy atom. The van der Waals surface area contributed by atoms with E-state index in [-0.39, 0.29) is 5.41 Å². The second kappa shape index (κ2) is 5.75. The summed E-state index contributed by atoms with van der Waals surface area (Å²) in [4.78, 5) is 0. The molecule has 1 aromatic carbocycles. The van der Waals surface area contributed by atoms with E-state index < -0.39 is 0 Å². The predicted octanol–water partition coefficient (Wildman–Crippen LogP) is 2.45. The van der Waals surface area contributed by atoms with Crippen molar-refractivity contribution in [2.45, 2.75) is 20.8 Å². The fraction of sp³-hybridized carbons (Fsp3) is 0.538. The molecule has 0 bridgehead atoms. The molecule has 0 aliphatic carbocycles. The van der Waals surface area contributed by atoms with Crippen LogP contribution in [0, 0.1) is 5.41 Å². The van der Waals surface area contributed by atoms with Gasteiger partial charge in [0.25, 0.3) is 0 Å². The van der Waals surface area contributed by atoms with Gasteiger partial charge in [0, 0.05) is 18.0 Å². The van der Waals surface area contributed by atoms with Crippen LogP contribution >= 0.6 is 0 Å². The van der Waals surface area contributed by atoms with Gasteiger partial charge in [0.1, 0.15) is 11.5 Å². The molecule has 0 aliphatic heterocycles. The zero-order valence-corrected chi connectivity index (χ0v) is 10.3. The fourth-order valence-electron chi connectivity index (χ4n) is 1.16. The van der Waals surface area contributed by atoms with E-state index in [1.54, 1.807) is 0 Å². The van der Waals surface area contributed by atoms with Crippen molar-refractivity contribution in [3.8, 4) is 11.5 Å². The molecule has 3 nitrogen and oxygen atoms in total. The highest BCUT2D eigenvalue weighted by molar-refractivity contribution is 5.32. The largest absolute Gasteiger partial charge is 0.494 e. The van der Waals surface area contributed by atoms with E-state index in [0.29, 0.717) is 19.8 Å². The van der Waals surface area contributed by atoms with Gasteiger partial charge >= 0.3 is 0 Å². The van der Waals surface area contributed by atoms with Crippen molar-refractivity contribution in [2.75, 3.05) is 19.8 Å². The number of benzene rings is 1. The monoisotopic (exact) mass is 223 g/mol. The van der Waals surface area contributed by atoms with Gasteiger partial charge in [-0.3, -0.25) is 0 Å². The molecule has 0 saturated carbocycles. The first-order chi connectivity index (χ1) is 7.57. The molecule has 2 N–H and O–H groups in total. The molecule has 16 heavy (non-hydrogen) atoms. The van der Waals surface area contributed by atoms with Crippen LogP contribution in [0.15, 0.2) is 24.3 Å². The summed E-state index contributed by atoms with van der Waals surface area (Å²) in [6.45, 7) is 8.01. The van der Waals surface area contributed by atoms with E-state index in [1.165, 1.54) is 0 Å². The highest BCUT2D eigenvalue weighted by Crippen LogP contribution is 2.22. The summed E-state index contributed by atoms with van der Waals surface area (Å²) in [6, 6.07) is 7.67. The predicted molar refractivity (Wildman–Crippen MR) is 65.9 cm³/mol. The zero-order valence-electron chi connectivity index (χ0n) is 10.3. The topological polar surface area (TPSA) is 44.5 Å². The molecule has 0 radical (unpaired) electrons. The Hall–Kier alpha value is -1.22. The average molecular weight is 223 g/mol. The lowest BCUT2D eigenvalue weighted by atomic mass is 9.95. The summed E-state index contributed by atoms with van der Waals surface area (Å²) < 4.78 is 11.1. The number of hydrogen-bond donors (Lipinski definition) is 1. The van der Waals surface area contributed by atoms with E-state index in [4.69, 9.17) is 15.2 Å². The maximum Gasteiger partial charge on any atom is 0.123 e. The highest BCUT2D eigenvalue weighted by atomic mass is 16.5. The fourth-order valence-corrected chi connectivity index (χ4v) is 1.16. The third-order valence-electron chi connectivity index (χ3n) is 2.30. The molecule has 0 aromatic heterocycles. The summed E-state index contributed by atoms with van der Waals surface area (Å²) in [5.41, 5.74) is 5.64. The molecule has 0 aliphatic rings. The van der Waals surface area contributed by atoms with Gasteiger partial charge in [-0.15, -0.1) is 0 Å². The van der Waals surface area contributed by atoms with Crippen LogP contribution in [0.2, 0.25) is 0 Å². The van der Waals surface area contributed by atoms with E-state index >= 15 is 0 Å². The summed E-state index contributed by atoms with van der Waals surface area (Å²) in [5, 5.41) is 0. The number of ether oxygens (including phenoxy) is 2. The van der Waals surface area contributed by atoms with Crippen molar-refractivity contribution in [1.29, 1.82) is 0 Å². The average Bonchev–Trinajstić information content (AvgIpc) is 2.28. The van der Waals surface area contributed by atoms with E-state index in [9.17, 15) is 0 Å². The summed E-state index contributed by atoms with van der Waals surface area (Å²) in [7, 11) is 0. The first-order valence-electron chi connectivity index (χ1n) is 5.63. The minimum absolute atomic E-state index is 0.00161. The Balaban J connectivity index is 2.57. The lowest BCUT2D eigenvalue weighted by Gasteiger charge is -2.22. The van der Waals surface area contributed by atoms with Crippen LogP contribution in [-0.4, -0.2) is 19.8 Å². The minimum atomic E-state index is 0.00161. The summed E-state index contributed by atoms with van der Waals surface area (Å²) >= 11 is 0. The van der Waals surface area contributed by atoms with Crippen LogP contribution in [-0.2, 0) is 0 Å². The van der Waals surface area contributed by atoms with Crippen molar-refractivity contribution in [3.63, 3.8) is 0 Å². The van der Waals surface area contributed by atoms with Crippen molar-refractivity contribution in [3.05, 3.63) is 24.3 Å². The lowest BCUT2D eigenvalue weighted by Crippen LogP contribution is -2.30. The molecule has 0 saturated heterocycles. The van der Waals surface area contributed by atoms with Crippen molar-refractivity contribution in [2.24, 2.45) is 11.1 Å². The standard InChI is InChI=1S/C13H21NO2/c1-4-15-11-6-5-7-12(8-11)16-10-13(2,3)9-14/h5-8H,4,9-10,14H2,1-3H3. The smallest absolute Gasteiger partial charge is 0.123 e. The Kier molecular flexibility index (Phi) is 4.62. The van der Waals surface area contributed by atoms with Gasteiger partial charge in [0.15, 0.2) is 0 Å². The van der Waals surface area contributed by atoms with Gasteiger partial charge in [0.05, 0.1) is 13.2 Å². The molecular weight excluding hydrogens is 202 g/mol. The van der Waals surface area contributed by atoms with Gasteiger partial charge < -0.3 is 15.2 Å². The lowest BCUT2D eigenvalue weighted by molar-refractivity contribution is 0.186. The normalized spacial score (nSPS) is 11.2. The third-order valence-corrected chi connectivity index (χ3v) is 2.30. The van der Waals surface area contributed by atoms with Crippen LogP contribution in [0.4, 0.5) is 0 Å². The van der Waals surface area contributed by atoms with Gasteiger partial charge in [-0.1, -0.05) is 19.9 Å². The van der Waals surface area contributed by atoms with E-state index in [0.717, 1.165) is 11.5 Å². The third kappa shape index (κ3) is 4.11. The van der Waals surface area contributed by atoms with Crippen molar-refractivity contribution in [1.82, 2.24) is 0 Å². The van der Waals surface area contributed by atoms with Crippen molar-refractivity contribution >= 4 is 0 Å². The molecule has 0 spiro atoms. The van der Waals surface area contributed by atoms with Crippen LogP contribution in [0.1, 0.15) is 20.8 Å². The summed E-state index contributed by atoms with van der Waals surface area (Å²) in [6.07, 6.45) is 0. The second-order valence-corrected chi connectivity index (χ2v) is 4.56. The Morgan fingerprint density at radius 3 is 2.38 bits per heavy atom. The zero-order chi connectivity index (χ0) is 12.0. The molecule has 0 atom stereocenters. The quantitative estimate of drug-likeness (QED) is 0.805. The molecule has 0 fully saturated rings. The maximum atomic E-state index is 5.69. The first-order valence-corrected chi connectivity index (χ1v) is 5.63. The van der Waals surface area contributed by atoms with Crippen LogP contribution in [0.25, 0.3) is 0 Å². The highest BCUT2D eigenvalue weighted by Gasteiger charge is 2.16. The number of nitrogens with two attached hydrogens (primary N) is 1. The molecule has 0 heterocycles. The van der Waals surface area contributed by atoms with E-state index in [1.807, 2.05) is 31.2 Å². The van der Waals surface area contributed by atoms with E-state index in [2.05, 4.69) is 13.8 Å². The molecule has 1 rings (SSSR count).